The highest BCUT2D eigenvalue weighted by Crippen LogP contribution is 2.18. The zero-order valence-electron chi connectivity index (χ0n) is 8.66. The minimum atomic E-state index is 0.0955. The summed E-state index contributed by atoms with van der Waals surface area (Å²) >= 11 is 1.95. The number of carbonyl (C=O) groups excluding carboxylic acids is 1. The molecule has 0 radical (unpaired) electrons. The summed E-state index contributed by atoms with van der Waals surface area (Å²) in [4.78, 5) is 14.1. The van der Waals surface area contributed by atoms with Gasteiger partial charge in [0.05, 0.1) is 6.04 Å². The number of hydrogen-bond donors (Lipinski definition) is 1. The molecule has 2 atom stereocenters. The summed E-state index contributed by atoms with van der Waals surface area (Å²) in [5.41, 5.74) is 0. The standard InChI is InChI=1S/C10H18N2OS/c1-8-2-3-11-9(8)10(13)12-4-6-14-7-5-12/h8-9,11H,2-7H2,1H3. The maximum Gasteiger partial charge on any atom is 0.240 e. The van der Waals surface area contributed by atoms with Gasteiger partial charge in [-0.2, -0.15) is 11.8 Å². The number of thioether (sulfide) groups is 1. The van der Waals surface area contributed by atoms with E-state index in [1.807, 2.05) is 16.7 Å². The molecule has 0 bridgehead atoms. The molecule has 0 aromatic carbocycles. The molecule has 80 valence electrons. The van der Waals surface area contributed by atoms with Crippen LogP contribution in [0.1, 0.15) is 13.3 Å². The third-order valence-corrected chi connectivity index (χ3v) is 4.06. The first kappa shape index (κ1) is 10.3. The lowest BCUT2D eigenvalue weighted by Crippen LogP contribution is -2.48. The SMILES string of the molecule is CC1CCNC1C(=O)N1CCSCC1. The third kappa shape index (κ3) is 2.06. The van der Waals surface area contributed by atoms with E-state index in [-0.39, 0.29) is 6.04 Å². The summed E-state index contributed by atoms with van der Waals surface area (Å²) in [5.74, 6) is 3.05. The van der Waals surface area contributed by atoms with E-state index < -0.39 is 0 Å². The van der Waals surface area contributed by atoms with Gasteiger partial charge in [-0.25, -0.2) is 0 Å². The van der Waals surface area contributed by atoms with Crippen LogP contribution in [0.5, 0.6) is 0 Å². The maximum atomic E-state index is 12.1. The maximum absolute atomic E-state index is 12.1. The van der Waals surface area contributed by atoms with E-state index in [2.05, 4.69) is 12.2 Å². The first-order valence-corrected chi connectivity index (χ1v) is 6.54. The van der Waals surface area contributed by atoms with E-state index in [1.54, 1.807) is 0 Å². The summed E-state index contributed by atoms with van der Waals surface area (Å²) in [5, 5.41) is 3.31. The Balaban J connectivity index is 1.92. The Bertz CT molecular complexity index is 216. The van der Waals surface area contributed by atoms with Crippen molar-refractivity contribution in [3.63, 3.8) is 0 Å². The predicted molar refractivity (Wildman–Crippen MR) is 59.5 cm³/mol. The smallest absolute Gasteiger partial charge is 0.240 e. The van der Waals surface area contributed by atoms with E-state index in [1.165, 1.54) is 0 Å². The van der Waals surface area contributed by atoms with Gasteiger partial charge in [-0.1, -0.05) is 6.92 Å². The van der Waals surface area contributed by atoms with Gasteiger partial charge in [0.15, 0.2) is 0 Å². The highest BCUT2D eigenvalue weighted by molar-refractivity contribution is 7.99. The van der Waals surface area contributed by atoms with Crippen molar-refractivity contribution in [2.75, 3.05) is 31.1 Å². The van der Waals surface area contributed by atoms with Crippen LogP contribution in [0.25, 0.3) is 0 Å². The monoisotopic (exact) mass is 214 g/mol. The van der Waals surface area contributed by atoms with Crippen LogP contribution in [0, 0.1) is 5.92 Å². The Morgan fingerprint density at radius 3 is 2.71 bits per heavy atom. The molecule has 2 aliphatic rings. The van der Waals surface area contributed by atoms with Crippen LogP contribution in [0.4, 0.5) is 0 Å². The molecule has 0 aromatic heterocycles. The van der Waals surface area contributed by atoms with E-state index >= 15 is 0 Å². The van der Waals surface area contributed by atoms with Crippen molar-refractivity contribution in [2.45, 2.75) is 19.4 Å². The molecule has 0 aliphatic carbocycles. The minimum Gasteiger partial charge on any atom is -0.340 e. The quantitative estimate of drug-likeness (QED) is 0.692. The molecule has 0 spiro atoms. The molecule has 2 unspecified atom stereocenters. The second-order valence-electron chi connectivity index (χ2n) is 4.14. The Kier molecular flexibility index (Phi) is 3.34. The lowest BCUT2D eigenvalue weighted by Gasteiger charge is -2.30. The van der Waals surface area contributed by atoms with E-state index in [0.717, 1.165) is 37.6 Å². The summed E-state index contributed by atoms with van der Waals surface area (Å²) < 4.78 is 0. The molecule has 2 saturated heterocycles. The fraction of sp³-hybridized carbons (Fsp3) is 0.900. The number of hydrogen-bond acceptors (Lipinski definition) is 3. The summed E-state index contributed by atoms with van der Waals surface area (Å²) in [6.45, 7) is 5.05. The molecule has 3 nitrogen and oxygen atoms in total. The topological polar surface area (TPSA) is 32.3 Å². The molecule has 2 fully saturated rings. The summed E-state index contributed by atoms with van der Waals surface area (Å²) in [7, 11) is 0. The van der Waals surface area contributed by atoms with Crippen molar-refractivity contribution >= 4 is 17.7 Å². The number of rotatable bonds is 1. The molecule has 14 heavy (non-hydrogen) atoms. The third-order valence-electron chi connectivity index (χ3n) is 3.12. The Labute approximate surface area is 89.6 Å². The number of nitrogens with zero attached hydrogens (tertiary/aromatic N) is 1. The van der Waals surface area contributed by atoms with Gasteiger partial charge in [-0.3, -0.25) is 4.79 Å². The van der Waals surface area contributed by atoms with E-state index in [4.69, 9.17) is 0 Å². The number of amides is 1. The van der Waals surface area contributed by atoms with Crippen LogP contribution in [-0.4, -0.2) is 48.0 Å². The summed E-state index contributed by atoms with van der Waals surface area (Å²) in [6.07, 6.45) is 1.14. The molecule has 1 amide bonds. The van der Waals surface area contributed by atoms with Crippen molar-refractivity contribution < 1.29 is 4.79 Å². The molecule has 0 aromatic rings. The zero-order chi connectivity index (χ0) is 9.97. The molecule has 2 heterocycles. The van der Waals surface area contributed by atoms with Crippen LogP contribution in [0.3, 0.4) is 0 Å². The van der Waals surface area contributed by atoms with Crippen LogP contribution < -0.4 is 5.32 Å². The minimum absolute atomic E-state index is 0.0955. The molecule has 2 aliphatic heterocycles. The Morgan fingerprint density at radius 2 is 2.14 bits per heavy atom. The molecular formula is C10H18N2OS. The van der Waals surface area contributed by atoms with E-state index in [0.29, 0.717) is 11.8 Å². The first-order chi connectivity index (χ1) is 6.79. The average molecular weight is 214 g/mol. The second kappa shape index (κ2) is 4.53. The van der Waals surface area contributed by atoms with Crippen molar-refractivity contribution in [1.29, 1.82) is 0 Å². The molecular weight excluding hydrogens is 196 g/mol. The number of carbonyl (C=O) groups is 1. The van der Waals surface area contributed by atoms with Crippen molar-refractivity contribution in [3.8, 4) is 0 Å². The van der Waals surface area contributed by atoms with Gasteiger partial charge in [0.1, 0.15) is 0 Å². The lowest BCUT2D eigenvalue weighted by molar-refractivity contribution is -0.133. The van der Waals surface area contributed by atoms with Gasteiger partial charge in [0.2, 0.25) is 5.91 Å². The Morgan fingerprint density at radius 1 is 1.43 bits per heavy atom. The van der Waals surface area contributed by atoms with Crippen molar-refractivity contribution in [3.05, 3.63) is 0 Å². The summed E-state index contributed by atoms with van der Waals surface area (Å²) in [6, 6.07) is 0.0955. The van der Waals surface area contributed by atoms with Crippen LogP contribution in [-0.2, 0) is 4.79 Å². The van der Waals surface area contributed by atoms with Crippen molar-refractivity contribution in [1.82, 2.24) is 10.2 Å². The molecule has 1 N–H and O–H groups in total. The van der Waals surface area contributed by atoms with Gasteiger partial charge < -0.3 is 10.2 Å². The van der Waals surface area contributed by atoms with Crippen molar-refractivity contribution in [2.24, 2.45) is 5.92 Å². The fourth-order valence-corrected chi connectivity index (χ4v) is 3.05. The van der Waals surface area contributed by atoms with Crippen LogP contribution in [0.15, 0.2) is 0 Å². The highest BCUT2D eigenvalue weighted by Gasteiger charge is 2.32. The van der Waals surface area contributed by atoms with E-state index in [9.17, 15) is 4.79 Å². The Hall–Kier alpha value is -0.220. The number of nitrogens with one attached hydrogen (secondary N) is 1. The predicted octanol–water partition coefficient (Wildman–Crippen LogP) is 0.560. The van der Waals surface area contributed by atoms with Gasteiger partial charge in [-0.15, -0.1) is 0 Å². The lowest BCUT2D eigenvalue weighted by atomic mass is 10.0. The normalized spacial score (nSPS) is 33.4. The molecule has 4 heteroatoms. The molecule has 0 saturated carbocycles. The largest absolute Gasteiger partial charge is 0.340 e. The van der Waals surface area contributed by atoms with Crippen LogP contribution >= 0.6 is 11.8 Å². The van der Waals surface area contributed by atoms with Gasteiger partial charge >= 0.3 is 0 Å². The highest BCUT2D eigenvalue weighted by atomic mass is 32.2. The van der Waals surface area contributed by atoms with Gasteiger partial charge in [0, 0.05) is 24.6 Å². The van der Waals surface area contributed by atoms with Crippen LogP contribution in [0.2, 0.25) is 0 Å². The fourth-order valence-electron chi connectivity index (χ4n) is 2.15. The first-order valence-electron chi connectivity index (χ1n) is 5.39. The second-order valence-corrected chi connectivity index (χ2v) is 5.36. The average Bonchev–Trinajstić information content (AvgIpc) is 2.65. The van der Waals surface area contributed by atoms with Gasteiger partial charge in [0.25, 0.3) is 0 Å². The van der Waals surface area contributed by atoms with Gasteiger partial charge in [-0.05, 0) is 18.9 Å². The zero-order valence-corrected chi connectivity index (χ0v) is 9.48. The molecule has 2 rings (SSSR count).